The number of anilines is 1. The van der Waals surface area contributed by atoms with Crippen LogP contribution >= 0.6 is 22.7 Å². The topological polar surface area (TPSA) is 67.9 Å². The summed E-state index contributed by atoms with van der Waals surface area (Å²) in [4.78, 5) is 29.8. The lowest BCUT2D eigenvalue weighted by Gasteiger charge is -2.37. The third kappa shape index (κ3) is 4.13. The van der Waals surface area contributed by atoms with Gasteiger partial charge in [0.05, 0.1) is 30.1 Å². The fourth-order valence-electron chi connectivity index (χ4n) is 4.37. The maximum Gasteiger partial charge on any atom is 0.265 e. The molecule has 33 heavy (non-hydrogen) atoms. The van der Waals surface area contributed by atoms with Crippen molar-refractivity contribution < 1.29 is 19.1 Å². The van der Waals surface area contributed by atoms with E-state index in [9.17, 15) is 9.59 Å². The Morgan fingerprint density at radius 2 is 1.88 bits per heavy atom. The van der Waals surface area contributed by atoms with Crippen LogP contribution < -0.4 is 14.8 Å². The molecule has 1 aromatic carbocycles. The number of hydrogen-bond acceptors (Lipinski definition) is 6. The van der Waals surface area contributed by atoms with E-state index in [1.54, 1.807) is 25.6 Å². The molecule has 1 N–H and O–H groups in total. The van der Waals surface area contributed by atoms with Crippen molar-refractivity contribution in [3.8, 4) is 11.5 Å². The minimum Gasteiger partial charge on any atom is -0.493 e. The van der Waals surface area contributed by atoms with E-state index in [0.29, 0.717) is 22.9 Å². The van der Waals surface area contributed by atoms with Gasteiger partial charge >= 0.3 is 0 Å². The maximum absolute atomic E-state index is 13.8. The molecule has 1 atom stereocenters. The number of carbonyl (C=O) groups is 2. The van der Waals surface area contributed by atoms with E-state index >= 15 is 0 Å². The molecule has 6 nitrogen and oxygen atoms in total. The van der Waals surface area contributed by atoms with E-state index in [1.165, 1.54) is 11.3 Å². The third-order valence-corrected chi connectivity index (χ3v) is 8.32. The Morgan fingerprint density at radius 1 is 1.12 bits per heavy atom. The highest BCUT2D eigenvalue weighted by Gasteiger charge is 2.36. The number of nitrogens with zero attached hydrogens (tertiary/aromatic N) is 1. The molecule has 1 fully saturated rings. The second-order valence-electron chi connectivity index (χ2n) is 8.46. The molecule has 0 radical (unpaired) electrons. The Kier molecular flexibility index (Phi) is 5.88. The lowest BCUT2D eigenvalue weighted by atomic mass is 9.90. The van der Waals surface area contributed by atoms with Crippen LogP contribution in [0.3, 0.4) is 0 Å². The molecule has 3 aromatic rings. The Labute approximate surface area is 201 Å². The predicted octanol–water partition coefficient (Wildman–Crippen LogP) is 5.27. The first-order valence-corrected chi connectivity index (χ1v) is 12.7. The van der Waals surface area contributed by atoms with Crippen molar-refractivity contribution in [2.75, 3.05) is 26.1 Å². The molecule has 2 aromatic heterocycles. The number of nitrogens with one attached hydrogen (secondary N) is 1. The molecular weight excluding hydrogens is 456 g/mol. The number of carbonyl (C=O) groups excluding carboxylic acids is 2. The van der Waals surface area contributed by atoms with Crippen molar-refractivity contribution in [1.29, 1.82) is 0 Å². The van der Waals surface area contributed by atoms with E-state index in [0.717, 1.165) is 45.8 Å². The smallest absolute Gasteiger partial charge is 0.265 e. The van der Waals surface area contributed by atoms with Gasteiger partial charge in [0.2, 0.25) is 5.91 Å². The highest BCUT2D eigenvalue weighted by atomic mass is 32.1. The third-order valence-electron chi connectivity index (χ3n) is 6.25. The summed E-state index contributed by atoms with van der Waals surface area (Å²) in [6.07, 6.45) is 2.64. The van der Waals surface area contributed by atoms with Crippen LogP contribution in [0.1, 0.15) is 50.1 Å². The zero-order valence-corrected chi connectivity index (χ0v) is 20.5. The second kappa shape index (κ2) is 8.83. The van der Waals surface area contributed by atoms with Crippen molar-refractivity contribution in [3.05, 3.63) is 62.2 Å². The van der Waals surface area contributed by atoms with Crippen LogP contribution in [-0.4, -0.2) is 37.5 Å². The van der Waals surface area contributed by atoms with Crippen molar-refractivity contribution in [3.63, 3.8) is 0 Å². The summed E-state index contributed by atoms with van der Waals surface area (Å²) in [6.45, 7) is 2.54. The number of amides is 2. The van der Waals surface area contributed by atoms with Gasteiger partial charge in [-0.05, 0) is 72.5 Å². The van der Waals surface area contributed by atoms with E-state index in [1.807, 2.05) is 41.5 Å². The van der Waals surface area contributed by atoms with Gasteiger partial charge < -0.3 is 19.7 Å². The van der Waals surface area contributed by atoms with Gasteiger partial charge in [0.15, 0.2) is 11.5 Å². The van der Waals surface area contributed by atoms with E-state index in [4.69, 9.17) is 9.47 Å². The molecule has 5 rings (SSSR count). The molecule has 172 valence electrons. The number of hydrogen-bond donors (Lipinski definition) is 1. The largest absolute Gasteiger partial charge is 0.493 e. The van der Waals surface area contributed by atoms with Crippen molar-refractivity contribution in [2.24, 2.45) is 5.92 Å². The average molecular weight is 483 g/mol. The van der Waals surface area contributed by atoms with Crippen molar-refractivity contribution >= 4 is 39.5 Å². The van der Waals surface area contributed by atoms with Crippen molar-refractivity contribution in [1.82, 2.24) is 4.90 Å². The molecule has 0 bridgehead atoms. The quantitative estimate of drug-likeness (QED) is 0.520. The monoisotopic (exact) mass is 482 g/mol. The molecular formula is C25H26N2O4S2. The first-order chi connectivity index (χ1) is 16.0. The van der Waals surface area contributed by atoms with E-state index in [2.05, 4.69) is 11.4 Å². The van der Waals surface area contributed by atoms with Crippen LogP contribution in [0.2, 0.25) is 0 Å². The minimum absolute atomic E-state index is 0.0109. The van der Waals surface area contributed by atoms with Crippen LogP contribution in [0.5, 0.6) is 11.5 Å². The van der Waals surface area contributed by atoms with Gasteiger partial charge in [0.1, 0.15) is 0 Å². The molecule has 0 spiro atoms. The highest BCUT2D eigenvalue weighted by Crippen LogP contribution is 2.43. The van der Waals surface area contributed by atoms with Crippen LogP contribution in [0.4, 0.5) is 5.00 Å². The fourth-order valence-corrected chi connectivity index (χ4v) is 6.26. The van der Waals surface area contributed by atoms with Crippen molar-refractivity contribution in [2.45, 2.75) is 32.2 Å². The minimum atomic E-state index is -0.202. The van der Waals surface area contributed by atoms with Gasteiger partial charge in [-0.15, -0.1) is 22.7 Å². The molecule has 3 heterocycles. The second-order valence-corrected chi connectivity index (χ2v) is 10.5. The Morgan fingerprint density at radius 3 is 2.55 bits per heavy atom. The lowest BCUT2D eigenvalue weighted by molar-refractivity contribution is -0.117. The van der Waals surface area contributed by atoms with Gasteiger partial charge in [-0.1, -0.05) is 6.07 Å². The summed E-state index contributed by atoms with van der Waals surface area (Å²) in [5.74, 6) is 1.53. The maximum atomic E-state index is 13.8. The van der Waals surface area contributed by atoms with E-state index in [-0.39, 0.29) is 23.8 Å². The predicted molar refractivity (Wildman–Crippen MR) is 131 cm³/mol. The fraction of sp³-hybridized carbons (Fsp3) is 0.360. The number of benzene rings is 1. The van der Waals surface area contributed by atoms with Gasteiger partial charge in [0.25, 0.3) is 5.91 Å². The molecule has 8 heteroatoms. The molecule has 0 saturated heterocycles. The van der Waals surface area contributed by atoms with E-state index < -0.39 is 0 Å². The van der Waals surface area contributed by atoms with Crippen LogP contribution in [0, 0.1) is 12.8 Å². The SMILES string of the molecule is COc1cc2c(cc1OC)C(c1cccs1)N(C(=O)c1sc(NC(=O)C3CC3)cc1C)CC2. The number of ether oxygens (including phenoxy) is 2. The van der Waals surface area contributed by atoms with Gasteiger partial charge in [-0.2, -0.15) is 0 Å². The summed E-state index contributed by atoms with van der Waals surface area (Å²) < 4.78 is 11.1. The summed E-state index contributed by atoms with van der Waals surface area (Å²) in [5.41, 5.74) is 3.11. The molecule has 2 aliphatic rings. The molecule has 1 unspecified atom stereocenters. The Bertz CT molecular complexity index is 1200. The number of thiophene rings is 2. The van der Waals surface area contributed by atoms with Gasteiger partial charge in [-0.25, -0.2) is 0 Å². The number of fused-ring (bicyclic) bond motifs is 1. The van der Waals surface area contributed by atoms with Gasteiger partial charge in [0, 0.05) is 17.3 Å². The standard InChI is InChI=1S/C25H26N2O4S2/c1-14-11-21(26-24(28)15-6-7-15)33-23(14)25(29)27-9-8-16-12-18(30-2)19(31-3)13-17(16)22(27)20-5-4-10-32-20/h4-5,10-13,15,22H,6-9H2,1-3H3,(H,26,28). The van der Waals surface area contributed by atoms with Crippen LogP contribution in [-0.2, 0) is 11.2 Å². The summed E-state index contributed by atoms with van der Waals surface area (Å²) in [7, 11) is 3.27. The molecule has 2 amide bonds. The zero-order valence-electron chi connectivity index (χ0n) is 18.8. The zero-order chi connectivity index (χ0) is 23.1. The number of methoxy groups -OCH3 is 2. The Hall–Kier alpha value is -2.84. The highest BCUT2D eigenvalue weighted by molar-refractivity contribution is 7.18. The first kappa shape index (κ1) is 22.0. The van der Waals surface area contributed by atoms with Crippen LogP contribution in [0.25, 0.3) is 0 Å². The lowest BCUT2D eigenvalue weighted by Crippen LogP contribution is -2.40. The summed E-state index contributed by atoms with van der Waals surface area (Å²) in [6, 6.07) is 9.82. The number of rotatable bonds is 6. The summed E-state index contributed by atoms with van der Waals surface area (Å²) >= 11 is 3.01. The average Bonchev–Trinajstić information content (AvgIpc) is 3.42. The normalized spacial score (nSPS) is 17.4. The van der Waals surface area contributed by atoms with Crippen LogP contribution in [0.15, 0.2) is 35.7 Å². The first-order valence-electron chi connectivity index (χ1n) is 11.0. The molecule has 1 aliphatic carbocycles. The Balaban J connectivity index is 1.51. The number of aryl methyl sites for hydroxylation is 1. The van der Waals surface area contributed by atoms with Gasteiger partial charge in [-0.3, -0.25) is 9.59 Å². The molecule has 1 saturated carbocycles. The summed E-state index contributed by atoms with van der Waals surface area (Å²) in [5, 5.41) is 5.76. The molecule has 1 aliphatic heterocycles.